The molecule has 1 aromatic carbocycles. The lowest BCUT2D eigenvalue weighted by Crippen LogP contribution is -2.18. The Morgan fingerprint density at radius 2 is 2.05 bits per heavy atom. The van der Waals surface area contributed by atoms with E-state index in [1.807, 2.05) is 32.9 Å². The van der Waals surface area contributed by atoms with Crippen LogP contribution in [0.1, 0.15) is 31.4 Å². The molecule has 0 bridgehead atoms. The van der Waals surface area contributed by atoms with Crippen LogP contribution in [0, 0.1) is 24.7 Å². The Bertz CT molecular complexity index is 610. The maximum Gasteiger partial charge on any atom is 0.232 e. The Balaban J connectivity index is 2.96. The first-order valence-corrected chi connectivity index (χ1v) is 8.29. The highest BCUT2D eigenvalue weighted by Crippen LogP contribution is 2.18. The van der Waals surface area contributed by atoms with Crippen molar-refractivity contribution in [3.63, 3.8) is 0 Å². The molecule has 20 heavy (non-hydrogen) atoms. The number of rotatable bonds is 5. The first-order chi connectivity index (χ1) is 9.34. The number of aryl methyl sites for hydroxylation is 1. The van der Waals surface area contributed by atoms with Crippen molar-refractivity contribution >= 4 is 15.7 Å². The molecule has 3 N–H and O–H groups in total. The zero-order valence-corrected chi connectivity index (χ0v) is 13.0. The van der Waals surface area contributed by atoms with Gasteiger partial charge in [-0.3, -0.25) is 4.72 Å². The van der Waals surface area contributed by atoms with Crippen LogP contribution in [-0.4, -0.2) is 20.7 Å². The summed E-state index contributed by atoms with van der Waals surface area (Å²) >= 11 is 0. The molecule has 0 fully saturated rings. The van der Waals surface area contributed by atoms with Gasteiger partial charge >= 0.3 is 0 Å². The molecule has 1 rings (SSSR count). The standard InChI is InChI=1S/C15H22N2O2S/c1-12(2)8-10-20(18,19)17-15-7-6-13(3)11-14(15)5-4-9-16/h6-7,11-12,17H,8-10,16H2,1-3H3. The summed E-state index contributed by atoms with van der Waals surface area (Å²) in [7, 11) is -3.34. The summed E-state index contributed by atoms with van der Waals surface area (Å²) in [4.78, 5) is 0. The number of hydrogen-bond acceptors (Lipinski definition) is 3. The van der Waals surface area contributed by atoms with Gasteiger partial charge in [-0.2, -0.15) is 0 Å². The maximum atomic E-state index is 12.0. The number of anilines is 1. The summed E-state index contributed by atoms with van der Waals surface area (Å²) in [5, 5.41) is 0. The molecule has 0 radical (unpaired) electrons. The zero-order chi connectivity index (χ0) is 15.2. The molecule has 0 aliphatic rings. The van der Waals surface area contributed by atoms with Crippen molar-refractivity contribution in [1.29, 1.82) is 0 Å². The van der Waals surface area contributed by atoms with E-state index in [0.717, 1.165) is 5.56 Å². The molecule has 0 atom stereocenters. The average Bonchev–Trinajstić information content (AvgIpc) is 2.37. The van der Waals surface area contributed by atoms with Crippen molar-refractivity contribution in [2.24, 2.45) is 11.7 Å². The van der Waals surface area contributed by atoms with Crippen LogP contribution < -0.4 is 10.5 Å². The minimum Gasteiger partial charge on any atom is -0.320 e. The summed E-state index contributed by atoms with van der Waals surface area (Å²) in [6.45, 7) is 6.18. The summed E-state index contributed by atoms with van der Waals surface area (Å²) in [6.07, 6.45) is 0.630. The van der Waals surface area contributed by atoms with Gasteiger partial charge in [-0.05, 0) is 37.0 Å². The van der Waals surface area contributed by atoms with E-state index < -0.39 is 10.0 Å². The SMILES string of the molecule is Cc1ccc(NS(=O)(=O)CCC(C)C)c(C#CCN)c1. The van der Waals surface area contributed by atoms with E-state index in [9.17, 15) is 8.42 Å². The molecule has 110 valence electrons. The second-order valence-electron chi connectivity index (χ2n) is 5.16. The molecule has 0 aromatic heterocycles. The van der Waals surface area contributed by atoms with Gasteiger partial charge in [0.2, 0.25) is 10.0 Å². The number of nitrogens with one attached hydrogen (secondary N) is 1. The molecule has 0 aliphatic heterocycles. The maximum absolute atomic E-state index is 12.0. The van der Waals surface area contributed by atoms with Crippen molar-refractivity contribution in [2.45, 2.75) is 27.2 Å². The highest BCUT2D eigenvalue weighted by atomic mass is 32.2. The van der Waals surface area contributed by atoms with Crippen molar-refractivity contribution < 1.29 is 8.42 Å². The Hall–Kier alpha value is -1.51. The van der Waals surface area contributed by atoms with Gasteiger partial charge in [0, 0.05) is 5.56 Å². The number of hydrogen-bond donors (Lipinski definition) is 2. The zero-order valence-electron chi connectivity index (χ0n) is 12.2. The third-order valence-electron chi connectivity index (χ3n) is 2.73. The van der Waals surface area contributed by atoms with Crippen LogP contribution in [0.25, 0.3) is 0 Å². The van der Waals surface area contributed by atoms with Crippen LogP contribution in [0.2, 0.25) is 0 Å². The number of nitrogens with two attached hydrogens (primary N) is 1. The second kappa shape index (κ2) is 7.32. The predicted molar refractivity (Wildman–Crippen MR) is 84.0 cm³/mol. The average molecular weight is 294 g/mol. The molecule has 5 heteroatoms. The van der Waals surface area contributed by atoms with E-state index >= 15 is 0 Å². The fraction of sp³-hybridized carbons (Fsp3) is 0.467. The topological polar surface area (TPSA) is 72.2 Å². The van der Waals surface area contributed by atoms with E-state index in [0.29, 0.717) is 23.6 Å². The van der Waals surface area contributed by atoms with E-state index in [-0.39, 0.29) is 12.3 Å². The molecule has 0 amide bonds. The van der Waals surface area contributed by atoms with Crippen LogP contribution in [0.3, 0.4) is 0 Å². The fourth-order valence-corrected chi connectivity index (χ4v) is 3.00. The third kappa shape index (κ3) is 5.64. The van der Waals surface area contributed by atoms with Gasteiger partial charge in [-0.25, -0.2) is 8.42 Å². The summed E-state index contributed by atoms with van der Waals surface area (Å²) in [5.74, 6) is 6.11. The molecule has 0 saturated heterocycles. The van der Waals surface area contributed by atoms with Gasteiger partial charge in [0.05, 0.1) is 18.0 Å². The van der Waals surface area contributed by atoms with Crippen LogP contribution in [-0.2, 0) is 10.0 Å². The molecule has 0 aliphatic carbocycles. The monoisotopic (exact) mass is 294 g/mol. The lowest BCUT2D eigenvalue weighted by Gasteiger charge is -2.11. The lowest BCUT2D eigenvalue weighted by atomic mass is 10.1. The van der Waals surface area contributed by atoms with Gasteiger partial charge in [-0.15, -0.1) is 0 Å². The van der Waals surface area contributed by atoms with E-state index in [1.165, 1.54) is 0 Å². The Morgan fingerprint density at radius 3 is 2.65 bits per heavy atom. The molecule has 0 spiro atoms. The van der Waals surface area contributed by atoms with Gasteiger partial charge in [-0.1, -0.05) is 31.8 Å². The van der Waals surface area contributed by atoms with E-state index in [2.05, 4.69) is 16.6 Å². The smallest absolute Gasteiger partial charge is 0.232 e. The molecule has 0 heterocycles. The first-order valence-electron chi connectivity index (χ1n) is 6.64. The normalized spacial score (nSPS) is 11.1. The van der Waals surface area contributed by atoms with E-state index in [1.54, 1.807) is 6.07 Å². The van der Waals surface area contributed by atoms with Crippen LogP contribution in [0.4, 0.5) is 5.69 Å². The minimum absolute atomic E-state index is 0.113. The van der Waals surface area contributed by atoms with Crippen molar-refractivity contribution in [1.82, 2.24) is 0 Å². The Kier molecular flexibility index (Phi) is 6.05. The van der Waals surface area contributed by atoms with Gasteiger partial charge in [0.15, 0.2) is 0 Å². The van der Waals surface area contributed by atoms with Crippen molar-refractivity contribution in [3.05, 3.63) is 29.3 Å². The van der Waals surface area contributed by atoms with Crippen molar-refractivity contribution in [2.75, 3.05) is 17.0 Å². The summed E-state index contributed by atoms with van der Waals surface area (Å²) < 4.78 is 26.7. The summed E-state index contributed by atoms with van der Waals surface area (Å²) in [5.41, 5.74) is 7.56. The van der Waals surface area contributed by atoms with Gasteiger partial charge in [0.25, 0.3) is 0 Å². The largest absolute Gasteiger partial charge is 0.320 e. The van der Waals surface area contributed by atoms with E-state index in [4.69, 9.17) is 5.73 Å². The number of benzene rings is 1. The van der Waals surface area contributed by atoms with Crippen LogP contribution >= 0.6 is 0 Å². The highest BCUT2D eigenvalue weighted by molar-refractivity contribution is 7.92. The summed E-state index contributed by atoms with van der Waals surface area (Å²) in [6, 6.07) is 5.44. The highest BCUT2D eigenvalue weighted by Gasteiger charge is 2.13. The predicted octanol–water partition coefficient (Wildman–Crippen LogP) is 2.09. The van der Waals surface area contributed by atoms with Crippen LogP contribution in [0.15, 0.2) is 18.2 Å². The first kappa shape index (κ1) is 16.5. The molecule has 0 unspecified atom stereocenters. The Labute approximate surface area is 121 Å². The molecule has 4 nitrogen and oxygen atoms in total. The molecule has 1 aromatic rings. The minimum atomic E-state index is -3.34. The molecular formula is C15H22N2O2S. The quantitative estimate of drug-likeness (QED) is 0.817. The fourth-order valence-electron chi connectivity index (χ4n) is 1.61. The van der Waals surface area contributed by atoms with Gasteiger partial charge in [0.1, 0.15) is 0 Å². The molecular weight excluding hydrogens is 272 g/mol. The van der Waals surface area contributed by atoms with Crippen LogP contribution in [0.5, 0.6) is 0 Å². The van der Waals surface area contributed by atoms with Gasteiger partial charge < -0.3 is 5.73 Å². The third-order valence-corrected chi connectivity index (χ3v) is 4.03. The number of sulfonamides is 1. The van der Waals surface area contributed by atoms with Crippen molar-refractivity contribution in [3.8, 4) is 11.8 Å². The molecule has 0 saturated carbocycles. The Morgan fingerprint density at radius 1 is 1.35 bits per heavy atom. The lowest BCUT2D eigenvalue weighted by molar-refractivity contribution is 0.578. The second-order valence-corrected chi connectivity index (χ2v) is 7.00.